The van der Waals surface area contributed by atoms with E-state index in [0.717, 1.165) is 11.3 Å². The fourth-order valence-corrected chi connectivity index (χ4v) is 2.05. The number of aliphatic hydroxyl groups is 1. The van der Waals surface area contributed by atoms with Crippen LogP contribution in [0.3, 0.4) is 0 Å². The highest BCUT2D eigenvalue weighted by Crippen LogP contribution is 2.22. The Morgan fingerprint density at radius 2 is 2.05 bits per heavy atom. The fraction of sp³-hybridized carbons (Fsp3) is 0.333. The normalized spacial score (nSPS) is 10.9. The predicted molar refractivity (Wildman–Crippen MR) is 82.3 cm³/mol. The summed E-state index contributed by atoms with van der Waals surface area (Å²) in [6, 6.07) is 7.29. The third kappa shape index (κ3) is 3.41. The molecule has 2 rings (SSSR count). The molecular formula is C15H20N4O2. The maximum absolute atomic E-state index is 12.2. The van der Waals surface area contributed by atoms with Crippen molar-refractivity contribution in [2.45, 2.75) is 26.2 Å². The maximum Gasteiger partial charge on any atom is 0.278 e. The van der Waals surface area contributed by atoms with E-state index in [-0.39, 0.29) is 24.1 Å². The third-order valence-corrected chi connectivity index (χ3v) is 3.24. The molecule has 0 spiro atoms. The highest BCUT2D eigenvalue weighted by molar-refractivity contribution is 6.06. The average Bonchev–Trinajstić information content (AvgIpc) is 2.83. The van der Waals surface area contributed by atoms with Gasteiger partial charge in [-0.2, -0.15) is 5.10 Å². The molecule has 112 valence electrons. The quantitative estimate of drug-likeness (QED) is 0.674. The van der Waals surface area contributed by atoms with Gasteiger partial charge in [-0.3, -0.25) is 9.89 Å². The lowest BCUT2D eigenvalue weighted by Gasteiger charge is -2.06. The molecular weight excluding hydrogens is 268 g/mol. The first-order valence-corrected chi connectivity index (χ1v) is 6.87. The van der Waals surface area contributed by atoms with Crippen molar-refractivity contribution < 1.29 is 9.90 Å². The van der Waals surface area contributed by atoms with Gasteiger partial charge in [-0.15, -0.1) is 0 Å². The second kappa shape index (κ2) is 6.41. The number of H-pyrrole nitrogens is 1. The van der Waals surface area contributed by atoms with Crippen molar-refractivity contribution >= 4 is 17.3 Å². The van der Waals surface area contributed by atoms with Crippen LogP contribution in [0.5, 0.6) is 0 Å². The molecule has 0 saturated carbocycles. The van der Waals surface area contributed by atoms with E-state index in [4.69, 9.17) is 10.8 Å². The SMILES string of the molecule is CC(C)c1[nH]nc(C(=O)Nc2ccc(CCO)cc2)c1N. The number of aromatic amines is 1. The van der Waals surface area contributed by atoms with Crippen LogP contribution in [0.15, 0.2) is 24.3 Å². The summed E-state index contributed by atoms with van der Waals surface area (Å²) < 4.78 is 0. The van der Waals surface area contributed by atoms with E-state index in [1.54, 1.807) is 12.1 Å². The fourth-order valence-electron chi connectivity index (χ4n) is 2.05. The van der Waals surface area contributed by atoms with E-state index in [2.05, 4.69) is 15.5 Å². The second-order valence-electron chi connectivity index (χ2n) is 5.18. The number of benzene rings is 1. The third-order valence-electron chi connectivity index (χ3n) is 3.24. The zero-order valence-corrected chi connectivity index (χ0v) is 12.2. The Morgan fingerprint density at radius 3 is 2.57 bits per heavy atom. The zero-order valence-electron chi connectivity index (χ0n) is 12.2. The summed E-state index contributed by atoms with van der Waals surface area (Å²) in [5.41, 5.74) is 8.97. The number of aliphatic hydroxyl groups excluding tert-OH is 1. The van der Waals surface area contributed by atoms with Gasteiger partial charge in [-0.1, -0.05) is 26.0 Å². The van der Waals surface area contributed by atoms with Crippen LogP contribution in [0, 0.1) is 0 Å². The first-order valence-electron chi connectivity index (χ1n) is 6.87. The first-order chi connectivity index (χ1) is 10.0. The lowest BCUT2D eigenvalue weighted by molar-refractivity contribution is 0.102. The number of nitrogens with two attached hydrogens (primary N) is 1. The van der Waals surface area contributed by atoms with Crippen molar-refractivity contribution in [3.8, 4) is 0 Å². The first kappa shape index (κ1) is 15.1. The summed E-state index contributed by atoms with van der Waals surface area (Å²) in [7, 11) is 0. The van der Waals surface area contributed by atoms with Gasteiger partial charge in [0, 0.05) is 12.3 Å². The van der Waals surface area contributed by atoms with Gasteiger partial charge in [0.1, 0.15) is 0 Å². The van der Waals surface area contributed by atoms with Crippen molar-refractivity contribution in [3.05, 3.63) is 41.2 Å². The second-order valence-corrected chi connectivity index (χ2v) is 5.18. The standard InChI is InChI=1S/C15H20N4O2/c1-9(2)13-12(16)14(19-18-13)15(21)17-11-5-3-10(4-6-11)7-8-20/h3-6,9,20H,7-8,16H2,1-2H3,(H,17,21)(H,18,19). The molecule has 1 aromatic heterocycles. The van der Waals surface area contributed by atoms with Crippen LogP contribution in [0.25, 0.3) is 0 Å². The number of nitrogens with zero attached hydrogens (tertiary/aromatic N) is 1. The van der Waals surface area contributed by atoms with Gasteiger partial charge in [0.25, 0.3) is 5.91 Å². The van der Waals surface area contributed by atoms with E-state index >= 15 is 0 Å². The number of anilines is 2. The van der Waals surface area contributed by atoms with Gasteiger partial charge in [0.05, 0.1) is 11.4 Å². The van der Waals surface area contributed by atoms with Gasteiger partial charge in [-0.05, 0) is 30.0 Å². The van der Waals surface area contributed by atoms with Crippen LogP contribution in [-0.2, 0) is 6.42 Å². The number of aromatic nitrogens is 2. The van der Waals surface area contributed by atoms with Crippen LogP contribution in [0.2, 0.25) is 0 Å². The van der Waals surface area contributed by atoms with E-state index in [1.807, 2.05) is 26.0 Å². The van der Waals surface area contributed by atoms with Gasteiger partial charge < -0.3 is 16.2 Å². The van der Waals surface area contributed by atoms with Crippen LogP contribution in [-0.4, -0.2) is 27.8 Å². The number of rotatable bonds is 5. The molecule has 0 unspecified atom stereocenters. The van der Waals surface area contributed by atoms with E-state index in [0.29, 0.717) is 17.8 Å². The molecule has 0 bridgehead atoms. The number of hydrogen-bond acceptors (Lipinski definition) is 4. The molecule has 0 aliphatic rings. The highest BCUT2D eigenvalue weighted by Gasteiger charge is 2.18. The summed E-state index contributed by atoms with van der Waals surface area (Å²) in [5.74, 6) is -0.164. The Labute approximate surface area is 123 Å². The number of nitrogens with one attached hydrogen (secondary N) is 2. The van der Waals surface area contributed by atoms with Crippen LogP contribution in [0.1, 0.15) is 41.5 Å². The number of hydrogen-bond donors (Lipinski definition) is 4. The smallest absolute Gasteiger partial charge is 0.278 e. The number of carbonyl (C=O) groups excluding carboxylic acids is 1. The Kier molecular flexibility index (Phi) is 4.59. The molecule has 6 nitrogen and oxygen atoms in total. The van der Waals surface area contributed by atoms with Crippen molar-refractivity contribution in [2.75, 3.05) is 17.7 Å². The van der Waals surface area contributed by atoms with E-state index in [9.17, 15) is 4.79 Å². The Morgan fingerprint density at radius 1 is 1.38 bits per heavy atom. The summed E-state index contributed by atoms with van der Waals surface area (Å²) in [6.45, 7) is 4.06. The van der Waals surface area contributed by atoms with E-state index < -0.39 is 0 Å². The summed E-state index contributed by atoms with van der Waals surface area (Å²) in [6.07, 6.45) is 0.596. The number of amides is 1. The van der Waals surface area contributed by atoms with Gasteiger partial charge >= 0.3 is 0 Å². The van der Waals surface area contributed by atoms with Gasteiger partial charge in [0.15, 0.2) is 5.69 Å². The lowest BCUT2D eigenvalue weighted by atomic mass is 10.1. The molecule has 1 aromatic carbocycles. The molecule has 21 heavy (non-hydrogen) atoms. The number of nitrogen functional groups attached to an aromatic ring is 1. The molecule has 0 radical (unpaired) electrons. The molecule has 0 aliphatic carbocycles. The van der Waals surface area contributed by atoms with Crippen molar-refractivity contribution in [2.24, 2.45) is 0 Å². The van der Waals surface area contributed by atoms with Gasteiger partial charge in [-0.25, -0.2) is 0 Å². The van der Waals surface area contributed by atoms with Gasteiger partial charge in [0.2, 0.25) is 0 Å². The van der Waals surface area contributed by atoms with Crippen molar-refractivity contribution in [3.63, 3.8) is 0 Å². The van der Waals surface area contributed by atoms with Crippen LogP contribution >= 0.6 is 0 Å². The van der Waals surface area contributed by atoms with Crippen LogP contribution < -0.4 is 11.1 Å². The minimum atomic E-state index is -0.342. The van der Waals surface area contributed by atoms with Crippen LogP contribution in [0.4, 0.5) is 11.4 Å². The molecule has 0 aliphatic heterocycles. The Bertz CT molecular complexity index is 617. The van der Waals surface area contributed by atoms with E-state index in [1.165, 1.54) is 0 Å². The molecule has 1 heterocycles. The molecule has 6 heteroatoms. The monoisotopic (exact) mass is 288 g/mol. The summed E-state index contributed by atoms with van der Waals surface area (Å²) in [5, 5.41) is 18.4. The summed E-state index contributed by atoms with van der Waals surface area (Å²) in [4.78, 5) is 12.2. The molecule has 0 fully saturated rings. The molecule has 5 N–H and O–H groups in total. The largest absolute Gasteiger partial charge is 0.396 e. The highest BCUT2D eigenvalue weighted by atomic mass is 16.3. The lowest BCUT2D eigenvalue weighted by Crippen LogP contribution is -2.14. The summed E-state index contributed by atoms with van der Waals surface area (Å²) >= 11 is 0. The minimum absolute atomic E-state index is 0.105. The Balaban J connectivity index is 2.11. The molecule has 0 saturated heterocycles. The predicted octanol–water partition coefficient (Wildman–Crippen LogP) is 1.90. The molecule has 2 aromatic rings. The van der Waals surface area contributed by atoms with Crippen molar-refractivity contribution in [1.29, 1.82) is 0 Å². The maximum atomic E-state index is 12.2. The Hall–Kier alpha value is -2.34. The molecule has 1 amide bonds. The topological polar surface area (TPSA) is 104 Å². The average molecular weight is 288 g/mol. The minimum Gasteiger partial charge on any atom is -0.396 e. The molecule has 0 atom stereocenters. The van der Waals surface area contributed by atoms with Crippen molar-refractivity contribution in [1.82, 2.24) is 10.2 Å². The number of carbonyl (C=O) groups is 1. The zero-order chi connectivity index (χ0) is 15.4.